The number of aromatic nitrogens is 2. The second-order valence-electron chi connectivity index (χ2n) is 5.51. The van der Waals surface area contributed by atoms with Crippen LogP contribution in [0.1, 0.15) is 26.5 Å². The Labute approximate surface area is 114 Å². The van der Waals surface area contributed by atoms with Crippen LogP contribution >= 0.6 is 0 Å². The Balaban J connectivity index is 2.10. The molecule has 0 atom stereocenters. The normalized spacial score (nSPS) is 11.2. The smallest absolute Gasteiger partial charge is 0.153 e. The van der Waals surface area contributed by atoms with Crippen LogP contribution in [0, 0.1) is 0 Å². The maximum absolute atomic E-state index is 4.25. The van der Waals surface area contributed by atoms with Crippen molar-refractivity contribution < 1.29 is 0 Å². The molecule has 4 nitrogen and oxygen atoms in total. The topological polar surface area (TPSA) is 49.8 Å². The van der Waals surface area contributed by atoms with Crippen molar-refractivity contribution in [2.75, 3.05) is 17.7 Å². The summed E-state index contributed by atoms with van der Waals surface area (Å²) in [5.74, 6) is 0.755. The van der Waals surface area contributed by atoms with Gasteiger partial charge in [0.15, 0.2) is 5.82 Å². The fraction of sp³-hybridized carbons (Fsp3) is 0.333. The van der Waals surface area contributed by atoms with Gasteiger partial charge in [0.25, 0.3) is 0 Å². The lowest BCUT2D eigenvalue weighted by Crippen LogP contribution is -2.14. The van der Waals surface area contributed by atoms with Gasteiger partial charge in [0.05, 0.1) is 5.69 Å². The first kappa shape index (κ1) is 13.3. The Morgan fingerprint density at radius 2 is 1.47 bits per heavy atom. The van der Waals surface area contributed by atoms with E-state index in [4.69, 9.17) is 0 Å². The Morgan fingerprint density at radius 3 is 1.95 bits per heavy atom. The Bertz CT molecular complexity index is 524. The highest BCUT2D eigenvalue weighted by Crippen LogP contribution is 2.21. The van der Waals surface area contributed by atoms with E-state index in [0.717, 1.165) is 22.9 Å². The molecule has 0 radical (unpaired) electrons. The van der Waals surface area contributed by atoms with E-state index in [9.17, 15) is 0 Å². The second kappa shape index (κ2) is 5.26. The maximum atomic E-state index is 4.25. The summed E-state index contributed by atoms with van der Waals surface area (Å²) in [5.41, 5.74) is 3.10. The van der Waals surface area contributed by atoms with Gasteiger partial charge < -0.3 is 10.6 Å². The van der Waals surface area contributed by atoms with E-state index >= 15 is 0 Å². The summed E-state index contributed by atoms with van der Waals surface area (Å²) in [6.45, 7) is 6.38. The van der Waals surface area contributed by atoms with Crippen molar-refractivity contribution in [3.05, 3.63) is 42.1 Å². The molecule has 19 heavy (non-hydrogen) atoms. The standard InChI is InChI=1S/C15H20N4/c1-15(2,3)13-9-10-14(19-18-13)17-12-7-5-11(16-4)6-8-12/h5-10,16H,1-4H3,(H,17,19). The highest BCUT2D eigenvalue weighted by molar-refractivity contribution is 5.59. The Hall–Kier alpha value is -2.10. The zero-order chi connectivity index (χ0) is 13.9. The van der Waals surface area contributed by atoms with E-state index in [2.05, 4.69) is 41.6 Å². The van der Waals surface area contributed by atoms with Crippen molar-refractivity contribution in [2.45, 2.75) is 26.2 Å². The molecule has 100 valence electrons. The lowest BCUT2D eigenvalue weighted by atomic mass is 9.92. The van der Waals surface area contributed by atoms with Crippen LogP contribution in [0.2, 0.25) is 0 Å². The van der Waals surface area contributed by atoms with E-state index in [-0.39, 0.29) is 5.41 Å². The quantitative estimate of drug-likeness (QED) is 0.881. The fourth-order valence-corrected chi connectivity index (χ4v) is 1.67. The summed E-state index contributed by atoms with van der Waals surface area (Å²) in [7, 11) is 1.90. The molecule has 0 unspecified atom stereocenters. The third kappa shape index (κ3) is 3.44. The van der Waals surface area contributed by atoms with Crippen LogP contribution in [0.5, 0.6) is 0 Å². The van der Waals surface area contributed by atoms with Gasteiger partial charge in [0.2, 0.25) is 0 Å². The average Bonchev–Trinajstić information content (AvgIpc) is 2.39. The van der Waals surface area contributed by atoms with E-state index in [1.165, 1.54) is 0 Å². The predicted molar refractivity (Wildman–Crippen MR) is 80.0 cm³/mol. The lowest BCUT2D eigenvalue weighted by Gasteiger charge is -2.16. The minimum atomic E-state index is 0.0278. The molecule has 2 N–H and O–H groups in total. The molecule has 4 heteroatoms. The predicted octanol–water partition coefficient (Wildman–Crippen LogP) is 3.56. The van der Waals surface area contributed by atoms with Gasteiger partial charge in [-0.3, -0.25) is 0 Å². The molecule has 0 fully saturated rings. The highest BCUT2D eigenvalue weighted by atomic mass is 15.2. The minimum Gasteiger partial charge on any atom is -0.388 e. The first-order valence-corrected chi connectivity index (χ1v) is 6.38. The monoisotopic (exact) mass is 256 g/mol. The molecule has 0 spiro atoms. The number of rotatable bonds is 3. The molecule has 2 aromatic rings. The minimum absolute atomic E-state index is 0.0278. The van der Waals surface area contributed by atoms with E-state index in [0.29, 0.717) is 0 Å². The SMILES string of the molecule is CNc1ccc(Nc2ccc(C(C)(C)C)nn2)cc1. The first-order chi connectivity index (χ1) is 8.99. The van der Waals surface area contributed by atoms with Crippen molar-refractivity contribution in [1.82, 2.24) is 10.2 Å². The van der Waals surface area contributed by atoms with Gasteiger partial charge in [0.1, 0.15) is 0 Å². The van der Waals surface area contributed by atoms with Crippen molar-refractivity contribution in [1.29, 1.82) is 0 Å². The van der Waals surface area contributed by atoms with Gasteiger partial charge in [-0.25, -0.2) is 0 Å². The summed E-state index contributed by atoms with van der Waals surface area (Å²) in [5, 5.41) is 14.8. The molecule has 0 saturated heterocycles. The van der Waals surface area contributed by atoms with Crippen molar-refractivity contribution in [3.8, 4) is 0 Å². The molecule has 0 saturated carbocycles. The lowest BCUT2D eigenvalue weighted by molar-refractivity contribution is 0.559. The molecule has 1 aromatic heterocycles. The largest absolute Gasteiger partial charge is 0.388 e. The van der Waals surface area contributed by atoms with Gasteiger partial charge in [-0.2, -0.15) is 5.10 Å². The van der Waals surface area contributed by atoms with Gasteiger partial charge >= 0.3 is 0 Å². The Morgan fingerprint density at radius 1 is 0.842 bits per heavy atom. The zero-order valence-electron chi connectivity index (χ0n) is 11.9. The summed E-state index contributed by atoms with van der Waals surface area (Å²) < 4.78 is 0. The molecular weight excluding hydrogens is 236 g/mol. The number of benzene rings is 1. The molecule has 0 amide bonds. The zero-order valence-corrected chi connectivity index (χ0v) is 11.9. The molecule has 0 bridgehead atoms. The average molecular weight is 256 g/mol. The van der Waals surface area contributed by atoms with E-state index in [1.807, 2.05) is 43.4 Å². The molecule has 1 aromatic carbocycles. The number of nitrogens with one attached hydrogen (secondary N) is 2. The van der Waals surface area contributed by atoms with Crippen molar-refractivity contribution in [3.63, 3.8) is 0 Å². The third-order valence-electron chi connectivity index (χ3n) is 2.88. The van der Waals surface area contributed by atoms with E-state index < -0.39 is 0 Å². The summed E-state index contributed by atoms with van der Waals surface area (Å²) in [6, 6.07) is 12.0. The third-order valence-corrected chi connectivity index (χ3v) is 2.88. The number of nitrogens with zero attached hydrogens (tertiary/aromatic N) is 2. The first-order valence-electron chi connectivity index (χ1n) is 6.38. The fourth-order valence-electron chi connectivity index (χ4n) is 1.67. The van der Waals surface area contributed by atoms with Gasteiger partial charge in [0, 0.05) is 23.8 Å². The molecular formula is C15H20N4. The van der Waals surface area contributed by atoms with Crippen LogP contribution in [0.4, 0.5) is 17.2 Å². The maximum Gasteiger partial charge on any atom is 0.153 e. The van der Waals surface area contributed by atoms with Crippen LogP contribution < -0.4 is 10.6 Å². The van der Waals surface area contributed by atoms with Gasteiger partial charge in [-0.1, -0.05) is 20.8 Å². The second-order valence-corrected chi connectivity index (χ2v) is 5.51. The van der Waals surface area contributed by atoms with Crippen molar-refractivity contribution in [2.24, 2.45) is 0 Å². The molecule has 2 rings (SSSR count). The highest BCUT2D eigenvalue weighted by Gasteiger charge is 2.15. The number of hydrogen-bond donors (Lipinski definition) is 2. The van der Waals surface area contributed by atoms with Crippen LogP contribution in [-0.4, -0.2) is 17.2 Å². The molecule has 1 heterocycles. The number of anilines is 3. The Kier molecular flexibility index (Phi) is 3.69. The van der Waals surface area contributed by atoms with Crippen LogP contribution in [0.3, 0.4) is 0 Å². The number of hydrogen-bond acceptors (Lipinski definition) is 4. The molecule has 0 aliphatic heterocycles. The molecule has 0 aliphatic carbocycles. The van der Waals surface area contributed by atoms with E-state index in [1.54, 1.807) is 0 Å². The van der Waals surface area contributed by atoms with Crippen molar-refractivity contribution >= 4 is 17.2 Å². The molecule has 0 aliphatic rings. The van der Waals surface area contributed by atoms with Crippen LogP contribution in [0.25, 0.3) is 0 Å². The van der Waals surface area contributed by atoms with Gasteiger partial charge in [-0.05, 0) is 36.4 Å². The summed E-state index contributed by atoms with van der Waals surface area (Å²) in [6.07, 6.45) is 0. The van der Waals surface area contributed by atoms with Crippen LogP contribution in [-0.2, 0) is 5.41 Å². The van der Waals surface area contributed by atoms with Crippen LogP contribution in [0.15, 0.2) is 36.4 Å². The summed E-state index contributed by atoms with van der Waals surface area (Å²) in [4.78, 5) is 0. The van der Waals surface area contributed by atoms with Gasteiger partial charge in [-0.15, -0.1) is 5.10 Å². The summed E-state index contributed by atoms with van der Waals surface area (Å²) >= 11 is 0.